The molecule has 38 heavy (non-hydrogen) atoms. The van der Waals surface area contributed by atoms with Crippen LogP contribution in [0, 0.1) is 12.7 Å². The Morgan fingerprint density at radius 3 is 2.47 bits per heavy atom. The topological polar surface area (TPSA) is 116 Å². The van der Waals surface area contributed by atoms with E-state index >= 15 is 0 Å². The van der Waals surface area contributed by atoms with Crippen LogP contribution < -0.4 is 11.1 Å². The van der Waals surface area contributed by atoms with Crippen LogP contribution in [0.5, 0.6) is 0 Å². The monoisotopic (exact) mass is 528 g/mol. The molecule has 2 aromatic heterocycles. The van der Waals surface area contributed by atoms with Crippen LogP contribution in [0.4, 0.5) is 29.1 Å². The van der Waals surface area contributed by atoms with Gasteiger partial charge in [0.2, 0.25) is 5.91 Å². The first kappa shape index (κ1) is 26.7. The molecule has 4 aromatic rings. The van der Waals surface area contributed by atoms with Gasteiger partial charge in [-0.05, 0) is 56.7 Å². The summed E-state index contributed by atoms with van der Waals surface area (Å²) in [5.74, 6) is -2.38. The standard InChI is InChI=1S/C26H24F4N6O2/c1-13(2)36-25-22(24(31)32-12-33-25)23(35-36)17-6-5-16(10-14(17)3)34-21(38)9-8-20(37)15-4-7-19(27)18(11-15)26(28,29)30/h4-7,10-13H,8-9H2,1-3H3,(H,34,38)(H2,31,32,33). The number of nitrogens with zero attached hydrogens (tertiary/aromatic N) is 4. The summed E-state index contributed by atoms with van der Waals surface area (Å²) in [6.45, 7) is 5.77. The second-order valence-electron chi connectivity index (χ2n) is 9.04. The molecule has 4 rings (SSSR count). The number of benzene rings is 2. The smallest absolute Gasteiger partial charge is 0.383 e. The fourth-order valence-corrected chi connectivity index (χ4v) is 4.06. The first-order chi connectivity index (χ1) is 17.9. The Kier molecular flexibility index (Phi) is 7.16. The zero-order valence-electron chi connectivity index (χ0n) is 20.7. The first-order valence-corrected chi connectivity index (χ1v) is 11.7. The van der Waals surface area contributed by atoms with Crippen molar-refractivity contribution in [1.29, 1.82) is 0 Å². The van der Waals surface area contributed by atoms with Gasteiger partial charge in [0.05, 0.1) is 10.9 Å². The number of fused-ring (bicyclic) bond motifs is 1. The summed E-state index contributed by atoms with van der Waals surface area (Å²) < 4.78 is 54.0. The number of hydrogen-bond donors (Lipinski definition) is 2. The number of carbonyl (C=O) groups excluding carboxylic acids is 2. The number of aromatic nitrogens is 4. The molecule has 0 bridgehead atoms. The Morgan fingerprint density at radius 1 is 1.08 bits per heavy atom. The van der Waals surface area contributed by atoms with Gasteiger partial charge in [0.1, 0.15) is 23.7 Å². The molecule has 0 aliphatic carbocycles. The lowest BCUT2D eigenvalue weighted by Gasteiger charge is -2.11. The normalized spacial score (nSPS) is 11.8. The lowest BCUT2D eigenvalue weighted by atomic mass is 10.0. The molecule has 8 nitrogen and oxygen atoms in total. The van der Waals surface area contributed by atoms with E-state index in [1.54, 1.807) is 22.9 Å². The number of hydrogen-bond acceptors (Lipinski definition) is 6. The zero-order valence-corrected chi connectivity index (χ0v) is 20.7. The molecular weight excluding hydrogens is 504 g/mol. The third kappa shape index (κ3) is 5.34. The van der Waals surface area contributed by atoms with E-state index in [2.05, 4.69) is 15.3 Å². The van der Waals surface area contributed by atoms with Crippen LogP contribution >= 0.6 is 0 Å². The van der Waals surface area contributed by atoms with Gasteiger partial charge in [-0.25, -0.2) is 19.0 Å². The number of aryl methyl sites for hydroxylation is 1. The summed E-state index contributed by atoms with van der Waals surface area (Å²) >= 11 is 0. The Morgan fingerprint density at radius 2 is 1.82 bits per heavy atom. The lowest BCUT2D eigenvalue weighted by molar-refractivity contribution is -0.140. The van der Waals surface area contributed by atoms with Crippen molar-refractivity contribution in [2.45, 2.75) is 45.8 Å². The quantitative estimate of drug-likeness (QED) is 0.234. The molecule has 0 aliphatic rings. The molecule has 2 heterocycles. The van der Waals surface area contributed by atoms with Gasteiger partial charge in [-0.1, -0.05) is 6.07 Å². The number of nitrogen functional groups attached to an aromatic ring is 1. The fraction of sp³-hybridized carbons (Fsp3) is 0.269. The van der Waals surface area contributed by atoms with Crippen LogP contribution in [-0.2, 0) is 11.0 Å². The Bertz CT molecular complexity index is 1550. The highest BCUT2D eigenvalue weighted by molar-refractivity contribution is 6.01. The zero-order chi connectivity index (χ0) is 27.8. The van der Waals surface area contributed by atoms with Crippen LogP contribution in [0.1, 0.15) is 54.2 Å². The predicted molar refractivity (Wildman–Crippen MR) is 134 cm³/mol. The van der Waals surface area contributed by atoms with Crippen LogP contribution in [0.15, 0.2) is 42.7 Å². The second kappa shape index (κ2) is 10.2. The van der Waals surface area contributed by atoms with E-state index in [4.69, 9.17) is 10.8 Å². The molecule has 0 spiro atoms. The lowest BCUT2D eigenvalue weighted by Crippen LogP contribution is -2.14. The third-order valence-electron chi connectivity index (χ3n) is 5.95. The minimum absolute atomic E-state index is 0.0251. The molecular formula is C26H24F4N6O2. The van der Waals surface area contributed by atoms with Gasteiger partial charge < -0.3 is 11.1 Å². The summed E-state index contributed by atoms with van der Waals surface area (Å²) in [7, 11) is 0. The van der Waals surface area contributed by atoms with E-state index in [1.807, 2.05) is 20.8 Å². The maximum atomic E-state index is 13.5. The van der Waals surface area contributed by atoms with Crippen molar-refractivity contribution < 1.29 is 27.2 Å². The van der Waals surface area contributed by atoms with Crippen LogP contribution in [0.3, 0.4) is 0 Å². The number of amides is 1. The molecule has 198 valence electrons. The summed E-state index contributed by atoms with van der Waals surface area (Å²) in [6.07, 6.45) is -4.16. The van der Waals surface area contributed by atoms with E-state index in [9.17, 15) is 27.2 Å². The molecule has 0 fully saturated rings. The minimum atomic E-state index is -4.93. The van der Waals surface area contributed by atoms with Gasteiger partial charge in [0.25, 0.3) is 0 Å². The largest absolute Gasteiger partial charge is 0.419 e. The second-order valence-corrected chi connectivity index (χ2v) is 9.04. The number of nitrogens with one attached hydrogen (secondary N) is 1. The van der Waals surface area contributed by atoms with Gasteiger partial charge in [0.15, 0.2) is 11.4 Å². The molecule has 2 aromatic carbocycles. The van der Waals surface area contributed by atoms with Crippen molar-refractivity contribution in [3.05, 3.63) is 65.2 Å². The van der Waals surface area contributed by atoms with Crippen molar-refractivity contribution in [2.75, 3.05) is 11.1 Å². The van der Waals surface area contributed by atoms with Crippen molar-refractivity contribution >= 4 is 34.2 Å². The molecule has 0 aliphatic heterocycles. The number of carbonyl (C=O) groups is 2. The molecule has 12 heteroatoms. The van der Waals surface area contributed by atoms with Gasteiger partial charge in [-0.2, -0.15) is 18.3 Å². The van der Waals surface area contributed by atoms with Crippen LogP contribution in [0.25, 0.3) is 22.3 Å². The number of anilines is 2. The SMILES string of the molecule is Cc1cc(NC(=O)CCC(=O)c2ccc(F)c(C(F)(F)F)c2)ccc1-c1nn(C(C)C)c2ncnc(N)c12. The van der Waals surface area contributed by atoms with Crippen molar-refractivity contribution in [3.63, 3.8) is 0 Å². The molecule has 1 amide bonds. The molecule has 0 saturated heterocycles. The van der Waals surface area contributed by atoms with Gasteiger partial charge >= 0.3 is 6.18 Å². The van der Waals surface area contributed by atoms with E-state index in [0.29, 0.717) is 40.4 Å². The molecule has 0 saturated carbocycles. The fourth-order valence-electron chi connectivity index (χ4n) is 4.06. The van der Waals surface area contributed by atoms with Gasteiger partial charge in [0, 0.05) is 35.7 Å². The third-order valence-corrected chi connectivity index (χ3v) is 5.95. The summed E-state index contributed by atoms with van der Waals surface area (Å²) in [5.41, 5.74) is 7.50. The maximum Gasteiger partial charge on any atom is 0.419 e. The number of nitrogens with two attached hydrogens (primary N) is 1. The molecule has 0 radical (unpaired) electrons. The molecule has 0 unspecified atom stereocenters. The summed E-state index contributed by atoms with van der Waals surface area (Å²) in [4.78, 5) is 33.2. The maximum absolute atomic E-state index is 13.5. The molecule has 0 atom stereocenters. The average Bonchev–Trinajstić information content (AvgIpc) is 3.23. The van der Waals surface area contributed by atoms with E-state index in [0.717, 1.165) is 17.2 Å². The van der Waals surface area contributed by atoms with Crippen molar-refractivity contribution in [1.82, 2.24) is 19.7 Å². The van der Waals surface area contributed by atoms with Crippen molar-refractivity contribution in [2.24, 2.45) is 0 Å². The highest BCUT2D eigenvalue weighted by Crippen LogP contribution is 2.34. The first-order valence-electron chi connectivity index (χ1n) is 11.7. The highest BCUT2D eigenvalue weighted by Gasteiger charge is 2.34. The Balaban J connectivity index is 1.48. The highest BCUT2D eigenvalue weighted by atomic mass is 19.4. The number of halogens is 4. The number of ketones is 1. The van der Waals surface area contributed by atoms with Crippen LogP contribution in [0.2, 0.25) is 0 Å². The van der Waals surface area contributed by atoms with E-state index < -0.39 is 29.2 Å². The number of alkyl halides is 3. The summed E-state index contributed by atoms with van der Waals surface area (Å²) in [5, 5.41) is 7.99. The Hall–Kier alpha value is -4.35. The van der Waals surface area contributed by atoms with Gasteiger partial charge in [-0.3, -0.25) is 9.59 Å². The number of rotatable bonds is 7. The average molecular weight is 529 g/mol. The molecule has 3 N–H and O–H groups in total. The van der Waals surface area contributed by atoms with E-state index in [-0.39, 0.29) is 24.4 Å². The van der Waals surface area contributed by atoms with Crippen LogP contribution in [-0.4, -0.2) is 31.4 Å². The van der Waals surface area contributed by atoms with Crippen molar-refractivity contribution in [3.8, 4) is 11.3 Å². The summed E-state index contributed by atoms with van der Waals surface area (Å²) in [6, 6.07) is 7.20. The number of Topliss-reactive ketones (excluding diaryl/α,β-unsaturated/α-hetero) is 1. The van der Waals surface area contributed by atoms with E-state index in [1.165, 1.54) is 6.33 Å². The minimum Gasteiger partial charge on any atom is -0.383 e. The predicted octanol–water partition coefficient (Wildman–Crippen LogP) is 5.72. The Labute approximate surface area is 214 Å². The van der Waals surface area contributed by atoms with Gasteiger partial charge in [-0.15, -0.1) is 0 Å².